The van der Waals surface area contributed by atoms with E-state index in [1.165, 1.54) is 0 Å². The molecule has 0 saturated heterocycles. The molecule has 0 aromatic carbocycles. The summed E-state index contributed by atoms with van der Waals surface area (Å²) in [5, 5.41) is 9.08. The van der Waals surface area contributed by atoms with Gasteiger partial charge in [0.05, 0.1) is 0 Å². The number of rotatable bonds is 7. The van der Waals surface area contributed by atoms with Crippen molar-refractivity contribution >= 4 is 11.9 Å². The summed E-state index contributed by atoms with van der Waals surface area (Å²) in [6.45, 7) is 4.03. The van der Waals surface area contributed by atoms with E-state index in [1.807, 2.05) is 21.0 Å². The molecule has 17 heavy (non-hydrogen) atoms. The van der Waals surface area contributed by atoms with Gasteiger partial charge in [-0.1, -0.05) is 0 Å². The van der Waals surface area contributed by atoms with E-state index < -0.39 is 11.4 Å². The number of carbonyl (C=O) groups excluding carboxylic acids is 1. The van der Waals surface area contributed by atoms with Gasteiger partial charge in [0.25, 0.3) is 0 Å². The zero-order valence-corrected chi connectivity index (χ0v) is 10.9. The van der Waals surface area contributed by atoms with E-state index in [2.05, 4.69) is 4.90 Å². The largest absolute Gasteiger partial charge is 0.480 e. The average Bonchev–Trinajstić information content (AvgIpc) is 3.04. The van der Waals surface area contributed by atoms with Gasteiger partial charge in [-0.05, 0) is 46.8 Å². The van der Waals surface area contributed by atoms with E-state index in [9.17, 15) is 9.59 Å². The summed E-state index contributed by atoms with van der Waals surface area (Å²) in [4.78, 5) is 26.9. The van der Waals surface area contributed by atoms with Crippen molar-refractivity contribution in [1.29, 1.82) is 0 Å². The Kier molecular flexibility index (Phi) is 4.51. The van der Waals surface area contributed by atoms with Crippen LogP contribution in [-0.4, -0.2) is 60.5 Å². The quantitative estimate of drug-likeness (QED) is 0.666. The van der Waals surface area contributed by atoms with Crippen LogP contribution in [-0.2, 0) is 9.59 Å². The van der Waals surface area contributed by atoms with Gasteiger partial charge in [0.2, 0.25) is 5.91 Å². The summed E-state index contributed by atoms with van der Waals surface area (Å²) >= 11 is 0. The number of carbonyl (C=O) groups is 2. The molecule has 0 atom stereocenters. The predicted molar refractivity (Wildman–Crippen MR) is 64.7 cm³/mol. The van der Waals surface area contributed by atoms with E-state index in [0.29, 0.717) is 25.9 Å². The Morgan fingerprint density at radius 2 is 1.82 bits per heavy atom. The van der Waals surface area contributed by atoms with Gasteiger partial charge in [0, 0.05) is 13.1 Å². The molecule has 98 valence electrons. The standard InChI is InChI=1S/C12H22N2O3/c1-4-14(9-5-8-13(2)3)10(15)12(6-7-12)11(16)17/h4-9H2,1-3H3,(H,16,17). The number of nitrogens with zero attached hydrogens (tertiary/aromatic N) is 2. The van der Waals surface area contributed by atoms with Gasteiger partial charge in [-0.15, -0.1) is 0 Å². The minimum absolute atomic E-state index is 0.203. The van der Waals surface area contributed by atoms with Gasteiger partial charge < -0.3 is 14.9 Å². The Balaban J connectivity index is 2.50. The molecule has 1 aliphatic carbocycles. The van der Waals surface area contributed by atoms with Gasteiger partial charge in [-0.2, -0.15) is 0 Å². The number of carboxylic acids is 1. The van der Waals surface area contributed by atoms with Crippen LogP contribution < -0.4 is 0 Å². The lowest BCUT2D eigenvalue weighted by Gasteiger charge is -2.24. The van der Waals surface area contributed by atoms with E-state index in [1.54, 1.807) is 4.90 Å². The fourth-order valence-corrected chi connectivity index (χ4v) is 1.93. The molecule has 5 nitrogen and oxygen atoms in total. The second-order valence-electron chi connectivity index (χ2n) is 4.93. The molecule has 0 spiro atoms. The third-order valence-corrected chi connectivity index (χ3v) is 3.27. The Morgan fingerprint density at radius 3 is 2.18 bits per heavy atom. The molecule has 1 aliphatic rings. The first kappa shape index (κ1) is 14.0. The van der Waals surface area contributed by atoms with E-state index >= 15 is 0 Å². The molecule has 0 aromatic heterocycles. The molecule has 1 saturated carbocycles. The topological polar surface area (TPSA) is 60.9 Å². The fraction of sp³-hybridized carbons (Fsp3) is 0.833. The number of hydrogen-bond donors (Lipinski definition) is 1. The van der Waals surface area contributed by atoms with E-state index in [-0.39, 0.29) is 5.91 Å². The Labute approximate surface area is 102 Å². The van der Waals surface area contributed by atoms with Crippen LogP contribution in [0.5, 0.6) is 0 Å². The second-order valence-corrected chi connectivity index (χ2v) is 4.93. The van der Waals surface area contributed by atoms with Crippen molar-refractivity contribution < 1.29 is 14.7 Å². The van der Waals surface area contributed by atoms with Crippen molar-refractivity contribution in [1.82, 2.24) is 9.80 Å². The molecule has 1 fully saturated rings. The normalized spacial score (nSPS) is 16.9. The summed E-state index contributed by atoms with van der Waals surface area (Å²) in [6, 6.07) is 0. The van der Waals surface area contributed by atoms with Crippen LogP contribution in [0.2, 0.25) is 0 Å². The first-order chi connectivity index (χ1) is 7.94. The van der Waals surface area contributed by atoms with E-state index in [4.69, 9.17) is 5.11 Å². The highest BCUT2D eigenvalue weighted by Gasteiger charge is 2.58. The molecular weight excluding hydrogens is 220 g/mol. The molecule has 0 radical (unpaired) electrons. The van der Waals surface area contributed by atoms with Gasteiger partial charge in [0.1, 0.15) is 5.41 Å². The maximum Gasteiger partial charge on any atom is 0.319 e. The van der Waals surface area contributed by atoms with Gasteiger partial charge in [-0.25, -0.2) is 0 Å². The molecule has 0 heterocycles. The molecule has 0 aliphatic heterocycles. The third kappa shape index (κ3) is 3.19. The number of amides is 1. The lowest BCUT2D eigenvalue weighted by atomic mass is 10.1. The first-order valence-corrected chi connectivity index (χ1v) is 6.11. The van der Waals surface area contributed by atoms with Crippen molar-refractivity contribution in [3.63, 3.8) is 0 Å². The van der Waals surface area contributed by atoms with Crippen LogP contribution in [0.15, 0.2) is 0 Å². The Hall–Kier alpha value is -1.10. The summed E-state index contributed by atoms with van der Waals surface area (Å²) in [5.41, 5.74) is -1.09. The maximum atomic E-state index is 12.1. The zero-order valence-electron chi connectivity index (χ0n) is 10.9. The van der Waals surface area contributed by atoms with Crippen LogP contribution in [0.4, 0.5) is 0 Å². The lowest BCUT2D eigenvalue weighted by molar-refractivity contribution is -0.153. The fourth-order valence-electron chi connectivity index (χ4n) is 1.93. The van der Waals surface area contributed by atoms with Crippen molar-refractivity contribution in [3.05, 3.63) is 0 Å². The molecule has 0 bridgehead atoms. The van der Waals surface area contributed by atoms with Gasteiger partial charge in [0.15, 0.2) is 0 Å². The molecule has 1 amide bonds. The molecule has 0 aromatic rings. The summed E-state index contributed by atoms with van der Waals surface area (Å²) < 4.78 is 0. The number of carboxylic acid groups (broad SMARTS) is 1. The smallest absolute Gasteiger partial charge is 0.319 e. The van der Waals surface area contributed by atoms with Crippen molar-refractivity contribution in [3.8, 4) is 0 Å². The van der Waals surface area contributed by atoms with Crippen LogP contribution in [0.25, 0.3) is 0 Å². The van der Waals surface area contributed by atoms with Gasteiger partial charge >= 0.3 is 5.97 Å². The molecule has 1 rings (SSSR count). The molecule has 5 heteroatoms. The van der Waals surface area contributed by atoms with Crippen LogP contribution in [0.1, 0.15) is 26.2 Å². The van der Waals surface area contributed by atoms with Gasteiger partial charge in [-0.3, -0.25) is 9.59 Å². The second kappa shape index (κ2) is 5.49. The van der Waals surface area contributed by atoms with Crippen LogP contribution in [0.3, 0.4) is 0 Å². The molecule has 1 N–H and O–H groups in total. The minimum Gasteiger partial charge on any atom is -0.480 e. The Bertz CT molecular complexity index is 298. The maximum absolute atomic E-state index is 12.1. The number of aliphatic carboxylic acids is 1. The van der Waals surface area contributed by atoms with Crippen LogP contribution >= 0.6 is 0 Å². The summed E-state index contributed by atoms with van der Waals surface area (Å²) in [6.07, 6.45) is 1.86. The van der Waals surface area contributed by atoms with E-state index in [0.717, 1.165) is 13.0 Å². The van der Waals surface area contributed by atoms with Crippen LogP contribution in [0, 0.1) is 5.41 Å². The Morgan fingerprint density at radius 1 is 1.24 bits per heavy atom. The minimum atomic E-state index is -1.09. The van der Waals surface area contributed by atoms with Crippen molar-refractivity contribution in [2.45, 2.75) is 26.2 Å². The molecule has 0 unspecified atom stereocenters. The lowest BCUT2D eigenvalue weighted by Crippen LogP contribution is -2.41. The molecular formula is C12H22N2O3. The third-order valence-electron chi connectivity index (χ3n) is 3.27. The zero-order chi connectivity index (χ0) is 13.1. The SMILES string of the molecule is CCN(CCCN(C)C)C(=O)C1(C(=O)O)CC1. The predicted octanol–water partition coefficient (Wildman–Crippen LogP) is 0.651. The highest BCUT2D eigenvalue weighted by atomic mass is 16.4. The summed E-state index contributed by atoms with van der Waals surface area (Å²) in [5.74, 6) is -1.17. The monoisotopic (exact) mass is 242 g/mol. The van der Waals surface area contributed by atoms with Crippen molar-refractivity contribution in [2.75, 3.05) is 33.7 Å². The average molecular weight is 242 g/mol. The highest BCUT2D eigenvalue weighted by Crippen LogP contribution is 2.47. The first-order valence-electron chi connectivity index (χ1n) is 6.11. The van der Waals surface area contributed by atoms with Crippen molar-refractivity contribution in [2.24, 2.45) is 5.41 Å². The highest BCUT2D eigenvalue weighted by molar-refractivity contribution is 6.04. The summed E-state index contributed by atoms with van der Waals surface area (Å²) in [7, 11) is 3.97. The number of hydrogen-bond acceptors (Lipinski definition) is 3.